The van der Waals surface area contributed by atoms with Gasteiger partial charge in [-0.3, -0.25) is 0 Å². The Labute approximate surface area is 213 Å². The topological polar surface area (TPSA) is 40.5 Å². The summed E-state index contributed by atoms with van der Waals surface area (Å²) in [6, 6.07) is 9.25. The molecule has 4 saturated carbocycles. The Morgan fingerprint density at radius 2 is 1.06 bits per heavy atom. The summed E-state index contributed by atoms with van der Waals surface area (Å²) in [6.07, 6.45) is 10.1. The zero-order valence-electron chi connectivity index (χ0n) is 23.4. The van der Waals surface area contributed by atoms with E-state index >= 15 is 0 Å². The molecule has 2 atom stereocenters. The number of aromatic hydroxyl groups is 2. The number of rotatable bonds is 4. The highest BCUT2D eigenvalue weighted by molar-refractivity contribution is 5.50. The van der Waals surface area contributed by atoms with Crippen molar-refractivity contribution in [2.45, 2.75) is 118 Å². The molecule has 4 aliphatic carbocycles. The van der Waals surface area contributed by atoms with Crippen molar-refractivity contribution in [2.24, 2.45) is 16.2 Å². The van der Waals surface area contributed by atoms with Gasteiger partial charge in [0, 0.05) is 0 Å². The summed E-state index contributed by atoms with van der Waals surface area (Å²) in [5.74, 6) is 0.901. The van der Waals surface area contributed by atoms with Crippen LogP contribution in [0, 0.1) is 43.9 Å². The molecule has 35 heavy (non-hydrogen) atoms. The van der Waals surface area contributed by atoms with E-state index in [-0.39, 0.29) is 21.7 Å². The molecule has 4 aliphatic rings. The predicted molar refractivity (Wildman–Crippen MR) is 145 cm³/mol. The van der Waals surface area contributed by atoms with Gasteiger partial charge in [-0.1, -0.05) is 58.4 Å². The van der Waals surface area contributed by atoms with Crippen molar-refractivity contribution < 1.29 is 10.2 Å². The molecular weight excluding hydrogens is 428 g/mol. The van der Waals surface area contributed by atoms with Gasteiger partial charge in [-0.2, -0.15) is 0 Å². The second-order valence-corrected chi connectivity index (χ2v) is 14.3. The minimum Gasteiger partial charge on any atom is -0.507 e. The van der Waals surface area contributed by atoms with Crippen molar-refractivity contribution in [1.82, 2.24) is 0 Å². The van der Waals surface area contributed by atoms with E-state index in [4.69, 9.17) is 0 Å². The van der Waals surface area contributed by atoms with E-state index in [2.05, 4.69) is 79.7 Å². The van der Waals surface area contributed by atoms with Gasteiger partial charge in [0.15, 0.2) is 0 Å². The van der Waals surface area contributed by atoms with Gasteiger partial charge in [0.05, 0.1) is 0 Å². The Balaban J connectivity index is 1.79. The third-order valence-corrected chi connectivity index (χ3v) is 10.7. The molecule has 2 aromatic rings. The first-order valence-electron chi connectivity index (χ1n) is 13.8. The highest BCUT2D eigenvalue weighted by atomic mass is 16.3. The molecule has 0 aliphatic heterocycles. The smallest absolute Gasteiger partial charge is 0.121 e. The fraction of sp³-hybridized carbons (Fsp3) is 0.636. The first kappa shape index (κ1) is 24.7. The van der Waals surface area contributed by atoms with Gasteiger partial charge in [0.1, 0.15) is 11.5 Å². The van der Waals surface area contributed by atoms with Crippen molar-refractivity contribution in [3.8, 4) is 11.5 Å². The largest absolute Gasteiger partial charge is 0.507 e. The number of phenols is 2. The summed E-state index contributed by atoms with van der Waals surface area (Å²) in [7, 11) is 0. The van der Waals surface area contributed by atoms with Crippen molar-refractivity contribution in [2.75, 3.05) is 0 Å². The van der Waals surface area contributed by atoms with E-state index in [1.54, 1.807) is 0 Å². The normalized spacial score (nSPS) is 33.9. The zero-order valence-corrected chi connectivity index (χ0v) is 23.4. The molecule has 6 rings (SSSR count). The van der Waals surface area contributed by atoms with Crippen LogP contribution >= 0.6 is 0 Å². The van der Waals surface area contributed by atoms with Crippen LogP contribution in [0.5, 0.6) is 11.5 Å². The lowest BCUT2D eigenvalue weighted by Crippen LogP contribution is -2.67. The SMILES string of the molecule is CCCC12CC3(c4cc(C)c(O)c(C)c4)CC(c4cc(C)c(O)c(C)c4)(C1)CC(C(C)(C)C)(C2)C3. The molecular formula is C33H46O2. The van der Waals surface area contributed by atoms with Crippen LogP contribution in [0.2, 0.25) is 0 Å². The molecule has 0 spiro atoms. The average Bonchev–Trinajstić information content (AvgIpc) is 2.73. The molecule has 4 bridgehead atoms. The van der Waals surface area contributed by atoms with Gasteiger partial charge < -0.3 is 10.2 Å². The van der Waals surface area contributed by atoms with Crippen LogP contribution in [0.3, 0.4) is 0 Å². The quantitative estimate of drug-likeness (QED) is 0.465. The maximum absolute atomic E-state index is 10.6. The molecule has 2 N–H and O–H groups in total. The standard InChI is InChI=1S/C33H46O2/c1-9-10-30-15-31(25-11-21(2)27(34)22(3)12-25)18-32(16-30,20-33(17-30,19-31)29(6,7)8)26-13-23(4)28(35)24(5)14-26/h11-14,34-35H,9-10,15-20H2,1-8H3. The lowest BCUT2D eigenvalue weighted by molar-refractivity contribution is -0.185. The molecule has 2 nitrogen and oxygen atoms in total. The van der Waals surface area contributed by atoms with Gasteiger partial charge in [0.25, 0.3) is 0 Å². The van der Waals surface area contributed by atoms with Gasteiger partial charge >= 0.3 is 0 Å². The van der Waals surface area contributed by atoms with E-state index < -0.39 is 0 Å². The first-order valence-corrected chi connectivity index (χ1v) is 13.8. The summed E-state index contributed by atoms with van der Waals surface area (Å²) in [5, 5.41) is 21.2. The van der Waals surface area contributed by atoms with E-state index in [9.17, 15) is 10.2 Å². The highest BCUT2D eigenvalue weighted by Crippen LogP contribution is 2.78. The number of hydrogen-bond donors (Lipinski definition) is 2. The summed E-state index contributed by atoms with van der Waals surface area (Å²) in [6.45, 7) is 18.1. The fourth-order valence-corrected chi connectivity index (χ4v) is 9.57. The van der Waals surface area contributed by atoms with Crippen LogP contribution in [0.1, 0.15) is 112 Å². The minimum absolute atomic E-state index is 0.125. The van der Waals surface area contributed by atoms with Crippen LogP contribution in [-0.2, 0) is 10.8 Å². The Hall–Kier alpha value is -1.96. The summed E-state index contributed by atoms with van der Waals surface area (Å²) >= 11 is 0. The van der Waals surface area contributed by atoms with E-state index in [0.717, 1.165) is 22.3 Å². The summed E-state index contributed by atoms with van der Waals surface area (Å²) in [5.41, 5.74) is 8.03. The Morgan fingerprint density at radius 1 is 0.657 bits per heavy atom. The second-order valence-electron chi connectivity index (χ2n) is 14.3. The van der Waals surface area contributed by atoms with Gasteiger partial charge in [-0.25, -0.2) is 0 Å². The molecule has 2 heteroatoms. The van der Waals surface area contributed by atoms with Crippen molar-refractivity contribution in [1.29, 1.82) is 0 Å². The maximum atomic E-state index is 10.6. The lowest BCUT2D eigenvalue weighted by Gasteiger charge is -2.74. The van der Waals surface area contributed by atoms with E-state index in [0.29, 0.717) is 16.9 Å². The van der Waals surface area contributed by atoms with Gasteiger partial charge in [-0.15, -0.1) is 0 Å². The molecule has 4 fully saturated rings. The number of benzene rings is 2. The first-order chi connectivity index (χ1) is 16.2. The average molecular weight is 475 g/mol. The highest BCUT2D eigenvalue weighted by Gasteiger charge is 2.70. The molecule has 0 saturated heterocycles. The van der Waals surface area contributed by atoms with E-state index in [1.807, 2.05) is 0 Å². The summed E-state index contributed by atoms with van der Waals surface area (Å²) < 4.78 is 0. The van der Waals surface area contributed by atoms with Crippen molar-refractivity contribution in [3.05, 3.63) is 57.6 Å². The molecule has 0 heterocycles. The molecule has 0 amide bonds. The lowest BCUT2D eigenvalue weighted by atomic mass is 9.30. The van der Waals surface area contributed by atoms with Gasteiger partial charge in [0.2, 0.25) is 0 Å². The minimum atomic E-state index is 0.125. The maximum Gasteiger partial charge on any atom is 0.121 e. The Bertz CT molecular complexity index is 1060. The monoisotopic (exact) mass is 474 g/mol. The fourth-order valence-electron chi connectivity index (χ4n) is 9.57. The molecule has 2 unspecified atom stereocenters. The number of aryl methyl sites for hydroxylation is 4. The molecule has 190 valence electrons. The molecule has 0 radical (unpaired) electrons. The van der Waals surface area contributed by atoms with Crippen LogP contribution in [0.4, 0.5) is 0 Å². The van der Waals surface area contributed by atoms with Crippen LogP contribution in [0.15, 0.2) is 24.3 Å². The van der Waals surface area contributed by atoms with Crippen LogP contribution < -0.4 is 0 Å². The van der Waals surface area contributed by atoms with Crippen molar-refractivity contribution in [3.63, 3.8) is 0 Å². The third kappa shape index (κ3) is 3.49. The van der Waals surface area contributed by atoms with Crippen molar-refractivity contribution >= 4 is 0 Å². The Morgan fingerprint density at radius 3 is 1.40 bits per heavy atom. The van der Waals surface area contributed by atoms with Crippen LogP contribution in [-0.4, -0.2) is 10.2 Å². The van der Waals surface area contributed by atoms with E-state index in [1.165, 1.54) is 62.5 Å². The van der Waals surface area contributed by atoms with Crippen LogP contribution in [0.25, 0.3) is 0 Å². The summed E-state index contributed by atoms with van der Waals surface area (Å²) in [4.78, 5) is 0. The molecule has 2 aromatic carbocycles. The number of phenolic OH excluding ortho intramolecular Hbond substituents is 2. The molecule has 0 aromatic heterocycles. The second kappa shape index (κ2) is 7.53. The predicted octanol–water partition coefficient (Wildman–Crippen LogP) is 8.71. The zero-order chi connectivity index (χ0) is 25.6. The third-order valence-electron chi connectivity index (χ3n) is 10.7. The number of hydrogen-bond acceptors (Lipinski definition) is 2. The Kier molecular flexibility index (Phi) is 5.32. The van der Waals surface area contributed by atoms with Gasteiger partial charge in [-0.05, 0) is 133 Å².